The van der Waals surface area contributed by atoms with Gasteiger partial charge in [-0.2, -0.15) is 0 Å². The van der Waals surface area contributed by atoms with Crippen molar-refractivity contribution in [3.8, 4) is 11.4 Å². The molecule has 3 aliphatic heterocycles. The molecule has 0 radical (unpaired) electrons. The molecule has 3 heterocycles. The highest BCUT2D eigenvalue weighted by Crippen LogP contribution is 2.11. The summed E-state index contributed by atoms with van der Waals surface area (Å²) in [5, 5.41) is 16.3. The summed E-state index contributed by atoms with van der Waals surface area (Å²) in [6.07, 6.45) is 3.33. The minimum Gasteiger partial charge on any atom is -0.314 e. The quantitative estimate of drug-likeness (QED) is 0.541. The third kappa shape index (κ3) is 2.97. The van der Waals surface area contributed by atoms with Crippen LogP contribution in [0.4, 0.5) is 0 Å². The zero-order valence-corrected chi connectivity index (χ0v) is 8.40. The number of hydrogen-bond donors (Lipinski definition) is 3. The van der Waals surface area contributed by atoms with Crippen molar-refractivity contribution < 1.29 is 0 Å². The molecule has 6 nitrogen and oxygen atoms in total. The number of hydrogen-bond acceptors (Lipinski definition) is 5. The SMILES string of the molecule is C1CNCCN1.c1cc2[nH]nncc-2n1. The number of nitrogens with zero attached hydrogens (tertiary/aromatic N) is 3. The van der Waals surface area contributed by atoms with Gasteiger partial charge in [0.25, 0.3) is 0 Å². The number of nitrogens with one attached hydrogen (secondary N) is 3. The van der Waals surface area contributed by atoms with Crippen molar-refractivity contribution in [2.24, 2.45) is 0 Å². The third-order valence-corrected chi connectivity index (χ3v) is 2.10. The first-order valence-corrected chi connectivity index (χ1v) is 4.99. The van der Waals surface area contributed by atoms with Gasteiger partial charge in [-0.25, -0.2) is 0 Å². The summed E-state index contributed by atoms with van der Waals surface area (Å²) in [6.45, 7) is 4.56. The number of rotatable bonds is 0. The van der Waals surface area contributed by atoms with E-state index in [2.05, 4.69) is 31.0 Å². The fraction of sp³-hybridized carbons (Fsp3) is 0.444. The van der Waals surface area contributed by atoms with Gasteiger partial charge in [0.1, 0.15) is 5.69 Å². The van der Waals surface area contributed by atoms with Gasteiger partial charge in [0, 0.05) is 32.4 Å². The molecule has 0 bridgehead atoms. The number of fused-ring (bicyclic) bond motifs is 1. The molecule has 0 aliphatic carbocycles. The van der Waals surface area contributed by atoms with Crippen molar-refractivity contribution in [1.29, 1.82) is 0 Å². The Balaban J connectivity index is 0.000000124. The molecule has 0 spiro atoms. The van der Waals surface area contributed by atoms with Crippen molar-refractivity contribution >= 4 is 0 Å². The van der Waals surface area contributed by atoms with E-state index in [4.69, 9.17) is 0 Å². The Morgan fingerprint density at radius 2 is 1.80 bits per heavy atom. The second-order valence-electron chi connectivity index (χ2n) is 3.20. The van der Waals surface area contributed by atoms with Crippen LogP contribution >= 0.6 is 0 Å². The predicted octanol–water partition coefficient (Wildman–Crippen LogP) is -0.516. The lowest BCUT2D eigenvalue weighted by atomic mass is 10.4. The van der Waals surface area contributed by atoms with Crippen LogP contribution in [0.15, 0.2) is 18.5 Å². The number of aromatic nitrogens is 4. The standard InChI is InChI=1S/C5H4N4.C4H10N2/c1-2-6-5-3-7-9-8-4(1)5;1-2-6-4-3-5-1/h1-3H,(H,7,8);5-6H,1-4H2. The molecule has 0 unspecified atom stereocenters. The Bertz CT molecular complexity index is 317. The lowest BCUT2D eigenvalue weighted by Gasteiger charge is -2.11. The molecule has 3 rings (SSSR count). The summed E-state index contributed by atoms with van der Waals surface area (Å²) in [5.41, 5.74) is 1.77. The second-order valence-corrected chi connectivity index (χ2v) is 3.20. The van der Waals surface area contributed by atoms with Gasteiger partial charge in [-0.05, 0) is 6.07 Å². The first-order chi connectivity index (χ1) is 7.47. The minimum absolute atomic E-state index is 0.852. The van der Waals surface area contributed by atoms with E-state index in [1.54, 1.807) is 12.4 Å². The zero-order valence-electron chi connectivity index (χ0n) is 8.40. The molecule has 0 saturated carbocycles. The number of H-pyrrole nitrogens is 1. The van der Waals surface area contributed by atoms with Gasteiger partial charge >= 0.3 is 0 Å². The molecule has 1 saturated heterocycles. The third-order valence-electron chi connectivity index (χ3n) is 2.10. The van der Waals surface area contributed by atoms with Gasteiger partial charge < -0.3 is 10.6 Å². The first kappa shape index (κ1) is 10.0. The van der Waals surface area contributed by atoms with E-state index in [0.717, 1.165) is 37.6 Å². The molecular formula is C9H14N6. The smallest absolute Gasteiger partial charge is 0.108 e. The van der Waals surface area contributed by atoms with Crippen molar-refractivity contribution in [3.05, 3.63) is 18.5 Å². The fourth-order valence-corrected chi connectivity index (χ4v) is 1.31. The van der Waals surface area contributed by atoms with Gasteiger partial charge in [0.2, 0.25) is 0 Å². The Morgan fingerprint density at radius 1 is 1.07 bits per heavy atom. The summed E-state index contributed by atoms with van der Waals surface area (Å²) < 4.78 is 0. The Morgan fingerprint density at radius 3 is 2.40 bits per heavy atom. The van der Waals surface area contributed by atoms with Crippen molar-refractivity contribution in [3.63, 3.8) is 0 Å². The predicted molar refractivity (Wildman–Crippen MR) is 56.5 cm³/mol. The van der Waals surface area contributed by atoms with Crippen LogP contribution in [0.25, 0.3) is 11.4 Å². The van der Waals surface area contributed by atoms with Crippen LogP contribution in [-0.4, -0.2) is 46.6 Å². The molecule has 0 aromatic rings. The van der Waals surface area contributed by atoms with E-state index >= 15 is 0 Å². The second kappa shape index (κ2) is 5.38. The monoisotopic (exact) mass is 206 g/mol. The van der Waals surface area contributed by atoms with Crippen molar-refractivity contribution in [2.45, 2.75) is 0 Å². The topological polar surface area (TPSA) is 78.5 Å². The van der Waals surface area contributed by atoms with Crippen molar-refractivity contribution in [1.82, 2.24) is 31.0 Å². The zero-order chi connectivity index (χ0) is 10.3. The summed E-state index contributed by atoms with van der Waals surface area (Å²) >= 11 is 0. The maximum atomic E-state index is 3.98. The van der Waals surface area contributed by atoms with Crippen LogP contribution in [0.3, 0.4) is 0 Å². The maximum Gasteiger partial charge on any atom is 0.108 e. The number of aromatic amines is 1. The number of piperazine rings is 1. The highest BCUT2D eigenvalue weighted by Gasteiger charge is 2.00. The van der Waals surface area contributed by atoms with Crippen LogP contribution in [0.5, 0.6) is 0 Å². The van der Waals surface area contributed by atoms with E-state index < -0.39 is 0 Å². The van der Waals surface area contributed by atoms with Gasteiger partial charge in [-0.1, -0.05) is 5.21 Å². The van der Waals surface area contributed by atoms with Gasteiger partial charge in [0.05, 0.1) is 11.9 Å². The summed E-state index contributed by atoms with van der Waals surface area (Å²) in [6, 6.07) is 1.85. The largest absolute Gasteiger partial charge is 0.314 e. The highest BCUT2D eigenvalue weighted by molar-refractivity contribution is 5.52. The van der Waals surface area contributed by atoms with Crippen LogP contribution in [0, 0.1) is 0 Å². The van der Waals surface area contributed by atoms with Crippen LogP contribution in [-0.2, 0) is 0 Å². The molecule has 80 valence electrons. The lowest BCUT2D eigenvalue weighted by Crippen LogP contribution is -2.39. The Kier molecular flexibility index (Phi) is 3.58. The molecule has 3 aliphatic rings. The maximum absolute atomic E-state index is 3.98. The van der Waals surface area contributed by atoms with E-state index in [0.29, 0.717) is 0 Å². The summed E-state index contributed by atoms with van der Waals surface area (Å²) in [7, 11) is 0. The van der Waals surface area contributed by atoms with Gasteiger partial charge in [-0.15, -0.1) is 5.10 Å². The molecule has 1 fully saturated rings. The Labute approximate surface area is 87.8 Å². The molecule has 0 aromatic heterocycles. The van der Waals surface area contributed by atoms with Gasteiger partial charge in [0.15, 0.2) is 0 Å². The average molecular weight is 206 g/mol. The first-order valence-electron chi connectivity index (χ1n) is 4.99. The molecule has 0 aromatic carbocycles. The van der Waals surface area contributed by atoms with E-state index in [1.165, 1.54) is 0 Å². The molecule has 0 amide bonds. The van der Waals surface area contributed by atoms with Crippen LogP contribution in [0.2, 0.25) is 0 Å². The Hall–Kier alpha value is -1.53. The average Bonchev–Trinajstić information content (AvgIpc) is 2.80. The lowest BCUT2D eigenvalue weighted by molar-refractivity contribution is 0.534. The van der Waals surface area contributed by atoms with E-state index in [-0.39, 0.29) is 0 Å². The molecule has 15 heavy (non-hydrogen) atoms. The molecule has 3 N–H and O–H groups in total. The van der Waals surface area contributed by atoms with Crippen LogP contribution < -0.4 is 10.6 Å². The minimum atomic E-state index is 0.852. The van der Waals surface area contributed by atoms with Crippen molar-refractivity contribution in [2.75, 3.05) is 26.2 Å². The summed E-state index contributed by atoms with van der Waals surface area (Å²) in [4.78, 5) is 3.98. The molecular weight excluding hydrogens is 192 g/mol. The normalized spacial score (nSPS) is 15.7. The fourth-order valence-electron chi connectivity index (χ4n) is 1.31. The van der Waals surface area contributed by atoms with E-state index in [1.807, 2.05) is 6.07 Å². The molecule has 6 heteroatoms. The van der Waals surface area contributed by atoms with E-state index in [9.17, 15) is 0 Å². The van der Waals surface area contributed by atoms with Gasteiger partial charge in [-0.3, -0.25) is 10.1 Å². The highest BCUT2D eigenvalue weighted by atomic mass is 15.3. The van der Waals surface area contributed by atoms with Crippen LogP contribution in [0.1, 0.15) is 0 Å². The summed E-state index contributed by atoms with van der Waals surface area (Å²) in [5.74, 6) is 0. The molecule has 0 atom stereocenters.